The highest BCUT2D eigenvalue weighted by Gasteiger charge is 2.06. The first-order valence-electron chi connectivity index (χ1n) is 9.70. The van der Waals surface area contributed by atoms with E-state index in [1.54, 1.807) is 19.7 Å². The molecule has 0 radical (unpaired) electrons. The van der Waals surface area contributed by atoms with Gasteiger partial charge in [0.1, 0.15) is 24.5 Å². The van der Waals surface area contributed by atoms with Gasteiger partial charge in [0, 0.05) is 13.6 Å². The van der Waals surface area contributed by atoms with Crippen molar-refractivity contribution in [2.24, 2.45) is 4.99 Å². The maximum absolute atomic E-state index is 5.96. The van der Waals surface area contributed by atoms with Gasteiger partial charge in [0.15, 0.2) is 5.96 Å². The third-order valence-electron chi connectivity index (χ3n) is 4.37. The van der Waals surface area contributed by atoms with Crippen molar-refractivity contribution >= 4 is 5.96 Å². The summed E-state index contributed by atoms with van der Waals surface area (Å²) < 4.78 is 7.77. The van der Waals surface area contributed by atoms with Gasteiger partial charge < -0.3 is 15.4 Å². The average Bonchev–Trinajstić information content (AvgIpc) is 3.21. The molecule has 2 aromatic carbocycles. The maximum Gasteiger partial charge on any atom is 0.191 e. The van der Waals surface area contributed by atoms with Gasteiger partial charge in [-0.3, -0.25) is 4.99 Å². The van der Waals surface area contributed by atoms with Crippen molar-refractivity contribution in [3.05, 3.63) is 77.9 Å². The van der Waals surface area contributed by atoms with Gasteiger partial charge in [-0.25, -0.2) is 9.67 Å². The third-order valence-corrected chi connectivity index (χ3v) is 4.37. The van der Waals surface area contributed by atoms with Gasteiger partial charge in [-0.15, -0.1) is 0 Å². The van der Waals surface area contributed by atoms with Crippen LogP contribution in [0.3, 0.4) is 0 Å². The lowest BCUT2D eigenvalue weighted by atomic mass is 10.1. The van der Waals surface area contributed by atoms with Gasteiger partial charge in [-0.05, 0) is 42.7 Å². The molecular weight excluding hydrogens is 364 g/mol. The fourth-order valence-electron chi connectivity index (χ4n) is 2.95. The fourth-order valence-corrected chi connectivity index (χ4v) is 2.95. The Balaban J connectivity index is 1.46. The van der Waals surface area contributed by atoms with E-state index >= 15 is 0 Å². The molecule has 3 rings (SSSR count). The summed E-state index contributed by atoms with van der Waals surface area (Å²) in [5.74, 6) is 1.62. The Morgan fingerprint density at radius 3 is 2.72 bits per heavy atom. The average molecular weight is 393 g/mol. The zero-order valence-corrected chi connectivity index (χ0v) is 17.2. The number of rotatable bonds is 8. The highest BCUT2D eigenvalue weighted by molar-refractivity contribution is 5.79. The summed E-state index contributed by atoms with van der Waals surface area (Å²) >= 11 is 0. The van der Waals surface area contributed by atoms with Crippen molar-refractivity contribution in [3.8, 4) is 5.75 Å². The highest BCUT2D eigenvalue weighted by Crippen LogP contribution is 2.13. The molecule has 1 unspecified atom stereocenters. The molecule has 0 amide bonds. The van der Waals surface area contributed by atoms with Gasteiger partial charge in [-0.2, -0.15) is 5.10 Å². The number of hydrogen-bond donors (Lipinski definition) is 2. The van der Waals surface area contributed by atoms with E-state index in [1.807, 2.05) is 29.8 Å². The Labute approximate surface area is 171 Å². The second kappa shape index (κ2) is 10.3. The van der Waals surface area contributed by atoms with E-state index < -0.39 is 0 Å². The van der Waals surface area contributed by atoms with Crippen molar-refractivity contribution < 1.29 is 4.74 Å². The van der Waals surface area contributed by atoms with Gasteiger partial charge in [0.25, 0.3) is 0 Å². The fraction of sp³-hybridized carbons (Fsp3) is 0.318. The lowest BCUT2D eigenvalue weighted by Gasteiger charge is -2.18. The molecule has 0 aliphatic carbocycles. The highest BCUT2D eigenvalue weighted by atomic mass is 16.5. The monoisotopic (exact) mass is 392 g/mol. The van der Waals surface area contributed by atoms with E-state index in [9.17, 15) is 0 Å². The number of aliphatic imine (C=N–C) groups is 1. The molecule has 0 fully saturated rings. The number of nitrogens with zero attached hydrogens (tertiary/aromatic N) is 4. The molecule has 152 valence electrons. The summed E-state index contributed by atoms with van der Waals surface area (Å²) in [6, 6.07) is 16.5. The minimum absolute atomic E-state index is 0.0151. The molecule has 1 heterocycles. The first-order valence-corrected chi connectivity index (χ1v) is 9.70. The van der Waals surface area contributed by atoms with Crippen LogP contribution in [0.2, 0.25) is 0 Å². The molecule has 0 saturated carbocycles. The molecule has 0 saturated heterocycles. The Morgan fingerprint density at radius 1 is 1.14 bits per heavy atom. The molecule has 7 nitrogen and oxygen atoms in total. The zero-order valence-electron chi connectivity index (χ0n) is 17.2. The first kappa shape index (κ1) is 20.4. The van der Waals surface area contributed by atoms with Crippen LogP contribution in [0, 0.1) is 6.92 Å². The Morgan fingerprint density at radius 2 is 1.97 bits per heavy atom. The van der Waals surface area contributed by atoms with Crippen LogP contribution in [0.15, 0.2) is 66.2 Å². The smallest absolute Gasteiger partial charge is 0.191 e. The van der Waals surface area contributed by atoms with Gasteiger partial charge in [-0.1, -0.05) is 36.4 Å². The number of nitrogens with one attached hydrogen (secondary N) is 2. The predicted molar refractivity (Wildman–Crippen MR) is 115 cm³/mol. The van der Waals surface area contributed by atoms with E-state index in [0.717, 1.165) is 11.7 Å². The standard InChI is InChI=1S/C22H28N6O/c1-17-6-4-9-21(10-17)29-18(2)12-25-22(23-3)26-13-19-7-5-8-20(11-19)14-28-16-24-15-27-28/h4-11,15-16,18H,12-14H2,1-3H3,(H2,23,25,26). The largest absolute Gasteiger partial charge is 0.489 e. The minimum atomic E-state index is 0.0151. The van der Waals surface area contributed by atoms with E-state index in [4.69, 9.17) is 4.74 Å². The molecule has 7 heteroatoms. The minimum Gasteiger partial charge on any atom is -0.489 e. The lowest BCUT2D eigenvalue weighted by molar-refractivity contribution is 0.223. The topological polar surface area (TPSA) is 76.4 Å². The van der Waals surface area contributed by atoms with Crippen LogP contribution in [0.25, 0.3) is 0 Å². The summed E-state index contributed by atoms with van der Waals surface area (Å²) in [6.45, 7) is 6.13. The molecule has 0 spiro atoms. The van der Waals surface area contributed by atoms with Crippen LogP contribution in [0.4, 0.5) is 0 Å². The number of aryl methyl sites for hydroxylation is 1. The van der Waals surface area contributed by atoms with Crippen LogP contribution in [0.1, 0.15) is 23.6 Å². The molecule has 0 bridgehead atoms. The zero-order chi connectivity index (χ0) is 20.5. The van der Waals surface area contributed by atoms with Crippen LogP contribution in [0.5, 0.6) is 5.75 Å². The molecule has 0 aliphatic rings. The number of hydrogen-bond acceptors (Lipinski definition) is 4. The Hall–Kier alpha value is -3.35. The molecule has 2 N–H and O–H groups in total. The molecule has 29 heavy (non-hydrogen) atoms. The molecule has 3 aromatic rings. The van der Waals surface area contributed by atoms with Crippen LogP contribution >= 0.6 is 0 Å². The van der Waals surface area contributed by atoms with Crippen molar-refractivity contribution in [2.75, 3.05) is 13.6 Å². The summed E-state index contributed by atoms with van der Waals surface area (Å²) in [5, 5.41) is 10.8. The van der Waals surface area contributed by atoms with Gasteiger partial charge in [0.2, 0.25) is 0 Å². The first-order chi connectivity index (χ1) is 14.1. The van der Waals surface area contributed by atoms with E-state index in [0.29, 0.717) is 19.6 Å². The third kappa shape index (κ3) is 6.64. The van der Waals surface area contributed by atoms with Crippen molar-refractivity contribution in [2.45, 2.75) is 33.0 Å². The molecule has 0 aliphatic heterocycles. The Bertz CT molecular complexity index is 923. The van der Waals surface area contributed by atoms with Crippen LogP contribution in [-0.2, 0) is 13.1 Å². The summed E-state index contributed by atoms with van der Waals surface area (Å²) in [4.78, 5) is 8.28. The molecular formula is C22H28N6O. The van der Waals surface area contributed by atoms with E-state index in [-0.39, 0.29) is 6.10 Å². The number of ether oxygens (including phenoxy) is 1. The quantitative estimate of drug-likeness (QED) is 0.455. The van der Waals surface area contributed by atoms with Crippen molar-refractivity contribution in [1.29, 1.82) is 0 Å². The molecule has 1 atom stereocenters. The molecule has 1 aromatic heterocycles. The SMILES string of the molecule is CN=C(NCc1cccc(Cn2cncn2)c1)NCC(C)Oc1cccc(C)c1. The maximum atomic E-state index is 5.96. The predicted octanol–water partition coefficient (Wildman–Crippen LogP) is 2.77. The second-order valence-electron chi connectivity index (χ2n) is 6.96. The van der Waals surface area contributed by atoms with E-state index in [1.165, 1.54) is 16.7 Å². The normalized spacial score (nSPS) is 12.4. The Kier molecular flexibility index (Phi) is 7.22. The van der Waals surface area contributed by atoms with Gasteiger partial charge in [0.05, 0.1) is 13.1 Å². The number of guanidine groups is 1. The van der Waals surface area contributed by atoms with Gasteiger partial charge >= 0.3 is 0 Å². The van der Waals surface area contributed by atoms with E-state index in [2.05, 4.69) is 63.0 Å². The summed E-state index contributed by atoms with van der Waals surface area (Å²) in [7, 11) is 1.77. The summed E-state index contributed by atoms with van der Waals surface area (Å²) in [6.07, 6.45) is 3.28. The van der Waals surface area contributed by atoms with Crippen LogP contribution < -0.4 is 15.4 Å². The summed E-state index contributed by atoms with van der Waals surface area (Å²) in [5.41, 5.74) is 3.54. The number of aromatic nitrogens is 3. The second-order valence-corrected chi connectivity index (χ2v) is 6.96. The number of benzene rings is 2. The lowest BCUT2D eigenvalue weighted by Crippen LogP contribution is -2.41. The van der Waals surface area contributed by atoms with Crippen molar-refractivity contribution in [1.82, 2.24) is 25.4 Å². The van der Waals surface area contributed by atoms with Crippen molar-refractivity contribution in [3.63, 3.8) is 0 Å². The van der Waals surface area contributed by atoms with Crippen LogP contribution in [-0.4, -0.2) is 40.4 Å².